The Bertz CT molecular complexity index is 882. The van der Waals surface area contributed by atoms with Gasteiger partial charge in [0.2, 0.25) is 11.8 Å². The Labute approximate surface area is 211 Å². The van der Waals surface area contributed by atoms with Gasteiger partial charge in [0.05, 0.1) is 11.6 Å². The van der Waals surface area contributed by atoms with Crippen molar-refractivity contribution >= 4 is 11.8 Å². The van der Waals surface area contributed by atoms with E-state index in [0.717, 1.165) is 12.8 Å². The highest BCUT2D eigenvalue weighted by Crippen LogP contribution is 2.24. The van der Waals surface area contributed by atoms with Gasteiger partial charge in [-0.05, 0) is 50.2 Å². The first kappa shape index (κ1) is 26.9. The van der Waals surface area contributed by atoms with Crippen molar-refractivity contribution in [1.29, 1.82) is 0 Å². The Morgan fingerprint density at radius 2 is 1.43 bits per heavy atom. The lowest BCUT2D eigenvalue weighted by Gasteiger charge is -2.33. The number of hydrogen-bond donors (Lipinski definition) is 3. The third-order valence-corrected chi connectivity index (χ3v) is 6.95. The predicted octanol–water partition coefficient (Wildman–Crippen LogP) is 5.17. The van der Waals surface area contributed by atoms with Crippen molar-refractivity contribution in [3.05, 3.63) is 71.8 Å². The molecule has 0 unspecified atom stereocenters. The third kappa shape index (κ3) is 8.21. The first-order valence-electron chi connectivity index (χ1n) is 13.2. The number of benzene rings is 2. The average molecular weight is 478 g/mol. The first-order valence-corrected chi connectivity index (χ1v) is 13.2. The Morgan fingerprint density at radius 3 is 1.94 bits per heavy atom. The van der Waals surface area contributed by atoms with Crippen LogP contribution in [0.25, 0.3) is 0 Å². The number of nitrogens with one attached hydrogen (secondary N) is 3. The molecule has 1 aliphatic carbocycles. The lowest BCUT2D eigenvalue weighted by molar-refractivity contribution is -0.129. The van der Waals surface area contributed by atoms with Crippen molar-refractivity contribution in [2.45, 2.75) is 89.8 Å². The van der Waals surface area contributed by atoms with Crippen molar-refractivity contribution < 1.29 is 9.59 Å². The van der Waals surface area contributed by atoms with Gasteiger partial charge in [-0.25, -0.2) is 0 Å². The summed E-state index contributed by atoms with van der Waals surface area (Å²) in [6.07, 6.45) is 6.32. The second kappa shape index (κ2) is 12.9. The Kier molecular flexibility index (Phi) is 9.91. The van der Waals surface area contributed by atoms with Gasteiger partial charge in [0.15, 0.2) is 0 Å². The molecule has 0 saturated heterocycles. The molecule has 2 aromatic carbocycles. The maximum atomic E-state index is 13.4. The molecule has 1 fully saturated rings. The summed E-state index contributed by atoms with van der Waals surface area (Å²) in [6, 6.07) is 20.3. The Morgan fingerprint density at radius 1 is 0.886 bits per heavy atom. The number of carbonyl (C=O) groups excluding carboxylic acids is 2. The van der Waals surface area contributed by atoms with Crippen molar-refractivity contribution in [2.24, 2.45) is 5.92 Å². The van der Waals surface area contributed by atoms with E-state index in [1.54, 1.807) is 0 Å². The first-order chi connectivity index (χ1) is 16.8. The molecule has 0 aliphatic heterocycles. The Balaban J connectivity index is 1.68. The van der Waals surface area contributed by atoms with Crippen LogP contribution in [-0.2, 0) is 9.59 Å². The summed E-state index contributed by atoms with van der Waals surface area (Å²) in [6.45, 7) is 8.46. The number of hydrogen-bond acceptors (Lipinski definition) is 3. The van der Waals surface area contributed by atoms with E-state index in [0.29, 0.717) is 18.9 Å². The van der Waals surface area contributed by atoms with Crippen LogP contribution in [0, 0.1) is 5.92 Å². The topological polar surface area (TPSA) is 70.2 Å². The Hall–Kier alpha value is -2.66. The second-order valence-corrected chi connectivity index (χ2v) is 10.9. The highest BCUT2D eigenvalue weighted by Gasteiger charge is 2.34. The minimum Gasteiger partial charge on any atom is -0.354 e. The van der Waals surface area contributed by atoms with E-state index in [9.17, 15) is 9.59 Å². The minimum atomic E-state index is -0.841. The van der Waals surface area contributed by atoms with E-state index < -0.39 is 11.6 Å². The van der Waals surface area contributed by atoms with E-state index in [4.69, 9.17) is 0 Å². The molecule has 0 heterocycles. The van der Waals surface area contributed by atoms with Crippen molar-refractivity contribution in [3.63, 3.8) is 0 Å². The summed E-state index contributed by atoms with van der Waals surface area (Å²) >= 11 is 0. The van der Waals surface area contributed by atoms with E-state index >= 15 is 0 Å². The highest BCUT2D eigenvalue weighted by molar-refractivity contribution is 5.88. The summed E-state index contributed by atoms with van der Waals surface area (Å²) in [5.41, 5.74) is 1.49. The van der Waals surface area contributed by atoms with Crippen LogP contribution in [0.15, 0.2) is 60.7 Å². The molecule has 0 radical (unpaired) electrons. The largest absolute Gasteiger partial charge is 0.354 e. The van der Waals surface area contributed by atoms with Gasteiger partial charge in [0.25, 0.3) is 0 Å². The van der Waals surface area contributed by atoms with Crippen molar-refractivity contribution in [3.8, 4) is 0 Å². The molecule has 2 aromatic rings. The third-order valence-electron chi connectivity index (χ3n) is 6.95. The van der Waals surface area contributed by atoms with Crippen LogP contribution in [0.1, 0.15) is 83.3 Å². The molecule has 1 atom stereocenters. The van der Waals surface area contributed by atoms with Gasteiger partial charge in [0.1, 0.15) is 0 Å². The van der Waals surface area contributed by atoms with Gasteiger partial charge in [0, 0.05) is 18.5 Å². The standard InChI is InChI=1S/C30H43N3O2/c1-22(2)20-27(33-30(3,4)29(35)32-25-18-12-7-13-19-25)28(34)31-21-26(23-14-8-5-9-15-23)24-16-10-6-11-17-24/h5-6,8-11,14-17,22,25-27,33H,7,12-13,18-21H2,1-4H3,(H,31,34)(H,32,35)/t27-/m0/s1. The molecule has 1 aliphatic rings. The number of rotatable bonds is 11. The summed E-state index contributed by atoms with van der Waals surface area (Å²) in [5.74, 6) is 0.282. The summed E-state index contributed by atoms with van der Waals surface area (Å²) in [4.78, 5) is 26.5. The molecule has 35 heavy (non-hydrogen) atoms. The highest BCUT2D eigenvalue weighted by atomic mass is 16.2. The number of carbonyl (C=O) groups is 2. The molecule has 0 spiro atoms. The van der Waals surface area contributed by atoms with Crippen molar-refractivity contribution in [2.75, 3.05) is 6.54 Å². The molecule has 5 nitrogen and oxygen atoms in total. The monoisotopic (exact) mass is 477 g/mol. The van der Waals surface area contributed by atoms with Gasteiger partial charge in [-0.15, -0.1) is 0 Å². The van der Waals surface area contributed by atoms with Crippen LogP contribution in [0.3, 0.4) is 0 Å². The molecule has 1 saturated carbocycles. The van der Waals surface area contributed by atoms with Crippen LogP contribution < -0.4 is 16.0 Å². The van der Waals surface area contributed by atoms with E-state index in [2.05, 4.69) is 54.1 Å². The quantitative estimate of drug-likeness (QED) is 0.418. The molecule has 5 heteroatoms. The minimum absolute atomic E-state index is 0.0302. The summed E-state index contributed by atoms with van der Waals surface area (Å²) < 4.78 is 0. The van der Waals surface area contributed by atoms with Crippen LogP contribution >= 0.6 is 0 Å². The maximum Gasteiger partial charge on any atom is 0.239 e. The normalized spacial score (nSPS) is 15.7. The number of amides is 2. The predicted molar refractivity (Wildman–Crippen MR) is 143 cm³/mol. The molecular weight excluding hydrogens is 434 g/mol. The smallest absolute Gasteiger partial charge is 0.239 e. The SMILES string of the molecule is CC(C)C[C@H](NC(C)(C)C(=O)NC1CCCCC1)C(=O)NCC(c1ccccc1)c1ccccc1. The van der Waals surface area contributed by atoms with Gasteiger partial charge in [-0.1, -0.05) is 93.8 Å². The lowest BCUT2D eigenvalue weighted by atomic mass is 9.91. The summed E-state index contributed by atoms with van der Waals surface area (Å²) in [5, 5.41) is 9.80. The zero-order chi connectivity index (χ0) is 25.3. The van der Waals surface area contributed by atoms with Crippen molar-refractivity contribution in [1.82, 2.24) is 16.0 Å². The van der Waals surface area contributed by atoms with Crippen LogP contribution in [-0.4, -0.2) is 36.0 Å². The molecule has 3 rings (SSSR count). The zero-order valence-electron chi connectivity index (χ0n) is 21.8. The van der Waals surface area contributed by atoms with Gasteiger partial charge in [-0.2, -0.15) is 0 Å². The zero-order valence-corrected chi connectivity index (χ0v) is 21.8. The van der Waals surface area contributed by atoms with E-state index in [-0.39, 0.29) is 23.8 Å². The average Bonchev–Trinajstić information content (AvgIpc) is 2.85. The lowest BCUT2D eigenvalue weighted by Crippen LogP contribution is -2.61. The molecule has 0 bridgehead atoms. The maximum absolute atomic E-state index is 13.4. The van der Waals surface area contributed by atoms with Gasteiger partial charge >= 0.3 is 0 Å². The van der Waals surface area contributed by atoms with Gasteiger partial charge in [-0.3, -0.25) is 14.9 Å². The summed E-state index contributed by atoms with van der Waals surface area (Å²) in [7, 11) is 0. The van der Waals surface area contributed by atoms with Crippen LogP contribution in [0.4, 0.5) is 0 Å². The fourth-order valence-electron chi connectivity index (χ4n) is 4.94. The molecule has 3 N–H and O–H groups in total. The molecular formula is C30H43N3O2. The molecule has 190 valence electrons. The van der Waals surface area contributed by atoms with E-state index in [1.807, 2.05) is 50.2 Å². The fourth-order valence-corrected chi connectivity index (χ4v) is 4.94. The molecule has 0 aromatic heterocycles. The van der Waals surface area contributed by atoms with Crippen LogP contribution in [0.2, 0.25) is 0 Å². The molecule has 2 amide bonds. The van der Waals surface area contributed by atoms with E-state index in [1.165, 1.54) is 30.4 Å². The van der Waals surface area contributed by atoms with Gasteiger partial charge < -0.3 is 10.6 Å². The second-order valence-electron chi connectivity index (χ2n) is 10.9. The van der Waals surface area contributed by atoms with Crippen LogP contribution in [0.5, 0.6) is 0 Å². The fraction of sp³-hybridized carbons (Fsp3) is 0.533.